The van der Waals surface area contributed by atoms with Gasteiger partial charge in [0, 0.05) is 61.9 Å². The molecule has 3 aromatic carbocycles. The van der Waals surface area contributed by atoms with E-state index in [4.69, 9.17) is 20.2 Å². The van der Waals surface area contributed by atoms with E-state index in [0.717, 1.165) is 79.2 Å². The molecule has 53 heavy (non-hydrogen) atoms. The number of piperidine rings is 3. The molecule has 2 aliphatic carbocycles. The second kappa shape index (κ2) is 13.4. The summed E-state index contributed by atoms with van der Waals surface area (Å²) in [4.78, 5) is 36.4. The van der Waals surface area contributed by atoms with Crippen LogP contribution in [0.2, 0.25) is 0 Å². The van der Waals surface area contributed by atoms with Crippen molar-refractivity contribution in [1.29, 1.82) is 0 Å². The second-order valence-electron chi connectivity index (χ2n) is 15.7. The molecule has 5 heterocycles. The van der Waals surface area contributed by atoms with E-state index in [-0.39, 0.29) is 24.0 Å². The average molecular weight is 716 g/mol. The number of nitrogens with two attached hydrogens (primary N) is 1. The van der Waals surface area contributed by atoms with Crippen LogP contribution in [0.25, 0.3) is 33.5 Å². The van der Waals surface area contributed by atoms with Crippen molar-refractivity contribution in [2.75, 3.05) is 39.2 Å². The number of amides is 3. The fourth-order valence-electron chi connectivity index (χ4n) is 9.28. The lowest BCUT2D eigenvalue weighted by Gasteiger charge is -2.48. The molecule has 3 N–H and O–H groups in total. The Bertz CT molecular complexity index is 2190. The van der Waals surface area contributed by atoms with E-state index < -0.39 is 0 Å². The lowest BCUT2D eigenvalue weighted by molar-refractivity contribution is 0.0261. The van der Waals surface area contributed by atoms with E-state index in [2.05, 4.69) is 38.7 Å². The van der Waals surface area contributed by atoms with Crippen LogP contribution < -0.4 is 20.5 Å². The van der Waals surface area contributed by atoms with Gasteiger partial charge in [-0.25, -0.2) is 9.78 Å². The number of carbonyl (C=O) groups is 2. The zero-order valence-corrected chi connectivity index (χ0v) is 30.9. The summed E-state index contributed by atoms with van der Waals surface area (Å²) in [5.41, 5.74) is 13.1. The molecule has 11 nitrogen and oxygen atoms in total. The zero-order chi connectivity index (χ0) is 36.4. The first kappa shape index (κ1) is 33.8. The number of hydrogen-bond donors (Lipinski definition) is 2. The predicted molar refractivity (Wildman–Crippen MR) is 207 cm³/mol. The predicted octanol–water partition coefficient (Wildman–Crippen LogP) is 6.99. The number of carbonyl (C=O) groups excluding carboxylic acids is 2. The molecule has 0 radical (unpaired) electrons. The molecule has 3 aliphatic heterocycles. The maximum Gasteiger partial charge on any atom is 0.321 e. The Balaban J connectivity index is 1.02. The summed E-state index contributed by atoms with van der Waals surface area (Å²) in [6.07, 6.45) is 7.23. The fourth-order valence-corrected chi connectivity index (χ4v) is 9.28. The Morgan fingerprint density at radius 1 is 0.925 bits per heavy atom. The number of ether oxygens (including phenoxy) is 2. The van der Waals surface area contributed by atoms with Gasteiger partial charge in [-0.3, -0.25) is 4.79 Å². The number of aryl methyl sites for hydroxylation is 1. The Labute approximate surface area is 310 Å². The summed E-state index contributed by atoms with van der Waals surface area (Å²) < 4.78 is 15.8. The third kappa shape index (κ3) is 6.08. The van der Waals surface area contributed by atoms with Gasteiger partial charge in [0.25, 0.3) is 5.91 Å². The number of fused-ring (bicyclic) bond motifs is 5. The number of methoxy groups -OCH3 is 2. The molecular weight excluding hydrogens is 667 g/mol. The van der Waals surface area contributed by atoms with Crippen LogP contribution >= 0.6 is 0 Å². The fraction of sp³-hybridized carbons (Fsp3) is 0.452. The summed E-state index contributed by atoms with van der Waals surface area (Å²) in [5, 5.41) is 4.25. The standard InChI is InChI=1S/C42H49N7O4/c1-46-39-35(19-29(21-37(39)53-3)41(50)48-24-28-9-12-31(48)22-34(28)43)45-40(46)36-20-27-5-4-6-33(38(27)49(36)23-25-7-8-25)26-15-17-47(18-16-26)42(51)44-30-10-13-32(52-2)14-11-30/h4-6,10-11,13-14,19-21,25-26,28,31,34H,7-9,12,15-18,22-24,43H2,1-3H3,(H,44,51)/t28-,31-,34+/m1/s1. The van der Waals surface area contributed by atoms with Crippen LogP contribution in [0.1, 0.15) is 66.8 Å². The molecule has 0 spiro atoms. The number of para-hydroxylation sites is 1. The van der Waals surface area contributed by atoms with Gasteiger partial charge >= 0.3 is 6.03 Å². The summed E-state index contributed by atoms with van der Waals surface area (Å²) >= 11 is 0. The van der Waals surface area contributed by atoms with Gasteiger partial charge in [-0.15, -0.1) is 0 Å². The first-order valence-corrected chi connectivity index (χ1v) is 19.2. The van der Waals surface area contributed by atoms with Crippen LogP contribution in [0.3, 0.4) is 0 Å². The van der Waals surface area contributed by atoms with Crippen molar-refractivity contribution in [3.8, 4) is 23.0 Å². The molecule has 3 atom stereocenters. The highest BCUT2D eigenvalue weighted by molar-refractivity contribution is 6.00. The van der Waals surface area contributed by atoms with Crippen molar-refractivity contribution < 1.29 is 19.1 Å². The van der Waals surface area contributed by atoms with Gasteiger partial charge in [-0.05, 0) is 111 Å². The number of anilines is 1. The quantitative estimate of drug-likeness (QED) is 0.179. The van der Waals surface area contributed by atoms with Crippen LogP contribution in [0, 0.1) is 11.8 Å². The number of aromatic nitrogens is 3. The second-order valence-corrected chi connectivity index (χ2v) is 15.7. The van der Waals surface area contributed by atoms with Gasteiger partial charge in [0.2, 0.25) is 0 Å². The zero-order valence-electron chi connectivity index (χ0n) is 30.9. The van der Waals surface area contributed by atoms with Crippen molar-refractivity contribution in [3.05, 3.63) is 71.8 Å². The highest BCUT2D eigenvalue weighted by Gasteiger charge is 2.41. The van der Waals surface area contributed by atoms with Crippen molar-refractivity contribution in [3.63, 3.8) is 0 Å². The summed E-state index contributed by atoms with van der Waals surface area (Å²) in [6.45, 7) is 3.04. The molecule has 0 unspecified atom stereocenters. The molecular formula is C42H49N7O4. The Kier molecular flexibility index (Phi) is 8.56. The summed E-state index contributed by atoms with van der Waals surface area (Å²) in [5.74, 6) is 3.65. The van der Waals surface area contributed by atoms with E-state index in [1.807, 2.05) is 53.2 Å². The van der Waals surface area contributed by atoms with Gasteiger partial charge in [0.15, 0.2) is 5.82 Å². The van der Waals surface area contributed by atoms with Gasteiger partial charge < -0.3 is 39.5 Å². The van der Waals surface area contributed by atoms with Gasteiger partial charge in [-0.2, -0.15) is 0 Å². The highest BCUT2D eigenvalue weighted by atomic mass is 16.5. The molecule has 3 saturated heterocycles. The van der Waals surface area contributed by atoms with Crippen molar-refractivity contribution >= 4 is 39.6 Å². The lowest BCUT2D eigenvalue weighted by Crippen LogP contribution is -2.58. The average Bonchev–Trinajstić information content (AvgIpc) is 3.86. The minimum absolute atomic E-state index is 0.0377. The third-order valence-electron chi connectivity index (χ3n) is 12.4. The topological polar surface area (TPSA) is 120 Å². The number of benzene rings is 3. The first-order valence-electron chi connectivity index (χ1n) is 19.2. The normalized spacial score (nSPS) is 21.8. The van der Waals surface area contributed by atoms with E-state index in [1.165, 1.54) is 29.3 Å². The highest BCUT2D eigenvalue weighted by Crippen LogP contribution is 2.42. The minimum Gasteiger partial charge on any atom is -0.497 e. The van der Waals surface area contributed by atoms with Gasteiger partial charge in [0.1, 0.15) is 17.0 Å². The van der Waals surface area contributed by atoms with E-state index >= 15 is 0 Å². The van der Waals surface area contributed by atoms with E-state index in [1.54, 1.807) is 14.2 Å². The van der Waals surface area contributed by atoms with Gasteiger partial charge in [0.05, 0.1) is 30.9 Å². The molecule has 5 aliphatic rings. The molecule has 11 heteroatoms. The Morgan fingerprint density at radius 3 is 2.40 bits per heavy atom. The number of urea groups is 1. The monoisotopic (exact) mass is 715 g/mol. The number of rotatable bonds is 8. The maximum absolute atomic E-state index is 14.0. The number of likely N-dealkylation sites (tertiary alicyclic amines) is 1. The number of nitrogens with one attached hydrogen (secondary N) is 1. The summed E-state index contributed by atoms with van der Waals surface area (Å²) in [6, 6.07) is 20.5. The van der Waals surface area contributed by atoms with Crippen LogP contribution in [-0.2, 0) is 13.6 Å². The Hall–Kier alpha value is -5.03. The van der Waals surface area contributed by atoms with Crippen molar-refractivity contribution in [2.24, 2.45) is 24.6 Å². The molecule has 5 fully saturated rings. The van der Waals surface area contributed by atoms with Crippen molar-refractivity contribution in [1.82, 2.24) is 23.9 Å². The maximum atomic E-state index is 14.0. The minimum atomic E-state index is -0.0688. The summed E-state index contributed by atoms with van der Waals surface area (Å²) in [7, 11) is 5.35. The molecule has 276 valence electrons. The van der Waals surface area contributed by atoms with Crippen LogP contribution in [0.5, 0.6) is 11.5 Å². The van der Waals surface area contributed by atoms with E-state index in [9.17, 15) is 9.59 Å². The third-order valence-corrected chi connectivity index (χ3v) is 12.4. The largest absolute Gasteiger partial charge is 0.497 e. The first-order chi connectivity index (χ1) is 25.8. The molecule has 2 saturated carbocycles. The van der Waals surface area contributed by atoms with E-state index in [0.29, 0.717) is 42.2 Å². The lowest BCUT2D eigenvalue weighted by atomic mass is 9.76. The smallest absolute Gasteiger partial charge is 0.321 e. The molecule has 3 amide bonds. The molecule has 5 aromatic rings. The molecule has 2 aromatic heterocycles. The van der Waals surface area contributed by atoms with Crippen LogP contribution in [-0.4, -0.2) is 81.8 Å². The number of hydrogen-bond acceptors (Lipinski definition) is 6. The van der Waals surface area contributed by atoms with Gasteiger partial charge in [-0.1, -0.05) is 18.2 Å². The SMILES string of the molecule is COc1ccc(NC(=O)N2CCC(c3cccc4cc(-c5nc6cc(C(=O)N7C[C@H]8CC[C@@H]7C[C@@H]8N)cc(OC)c6n5C)n(CC5CC5)c34)CC2)cc1. The molecule has 10 rings (SSSR count). The number of nitrogens with zero attached hydrogens (tertiary/aromatic N) is 5. The molecule has 2 bridgehead atoms. The Morgan fingerprint density at radius 2 is 1.72 bits per heavy atom. The van der Waals surface area contributed by atoms with Crippen LogP contribution in [0.4, 0.5) is 10.5 Å². The van der Waals surface area contributed by atoms with Crippen LogP contribution in [0.15, 0.2) is 60.7 Å². The van der Waals surface area contributed by atoms with Crippen molar-refractivity contribution in [2.45, 2.75) is 69.5 Å². The number of imidazole rings is 1.